The molecule has 1 aromatic heterocycles. The quantitative estimate of drug-likeness (QED) is 0.133. The van der Waals surface area contributed by atoms with E-state index in [4.69, 9.17) is 16.2 Å². The number of hydrogen-bond acceptors (Lipinski definition) is 12. The van der Waals surface area contributed by atoms with Gasteiger partial charge in [0.15, 0.2) is 5.96 Å². The zero-order valence-electron chi connectivity index (χ0n) is 20.4. The van der Waals surface area contributed by atoms with Crippen molar-refractivity contribution in [3.63, 3.8) is 0 Å². The van der Waals surface area contributed by atoms with Crippen molar-refractivity contribution in [3.8, 4) is 0 Å². The molecule has 2 saturated heterocycles. The van der Waals surface area contributed by atoms with Crippen LogP contribution in [0.5, 0.6) is 0 Å². The molecule has 0 saturated carbocycles. The molecule has 0 aliphatic carbocycles. The Morgan fingerprint density at radius 2 is 1.82 bits per heavy atom. The van der Waals surface area contributed by atoms with Crippen LogP contribution in [-0.2, 0) is 4.74 Å². The third-order valence-electron chi connectivity index (χ3n) is 6.19. The average molecular weight is 653 g/mol. The van der Waals surface area contributed by atoms with Crippen LogP contribution in [0.1, 0.15) is 5.82 Å². The predicted octanol–water partition coefficient (Wildman–Crippen LogP) is -3.27. The van der Waals surface area contributed by atoms with Gasteiger partial charge in [0, 0.05) is 0 Å². The molecule has 4 heterocycles. The van der Waals surface area contributed by atoms with Crippen molar-refractivity contribution < 1.29 is 47.8 Å². The maximum atomic E-state index is 13.9. The summed E-state index contributed by atoms with van der Waals surface area (Å²) in [5.41, 5.74) is 12.6. The molecule has 4 rings (SSSR count). The topological polar surface area (TPSA) is 162 Å². The molecule has 17 heteroatoms. The Morgan fingerprint density at radius 3 is 2.39 bits per heavy atom. The van der Waals surface area contributed by atoms with Gasteiger partial charge in [-0.1, -0.05) is 0 Å². The number of carbonyl (C=O) groups is 1. The zero-order valence-corrected chi connectivity index (χ0v) is 22.6. The minimum atomic E-state index is -4.61. The number of nitrogens with two attached hydrogens (primary N) is 2. The van der Waals surface area contributed by atoms with E-state index in [9.17, 15) is 21.4 Å². The van der Waals surface area contributed by atoms with Gasteiger partial charge in [0.1, 0.15) is 0 Å². The number of amides is 1. The number of carbonyl (C=O) groups excluding carboxylic acids is 1. The molecule has 6 N–H and O–H groups in total. The van der Waals surface area contributed by atoms with Crippen LogP contribution in [0.2, 0.25) is 0 Å². The van der Waals surface area contributed by atoms with Crippen LogP contribution in [0.25, 0.3) is 5.57 Å². The summed E-state index contributed by atoms with van der Waals surface area (Å²) in [5.74, 6) is 0.545. The number of aliphatic imine (C=N–C) groups is 1. The molecule has 0 unspecified atom stereocenters. The molecule has 0 radical (unpaired) electrons. The molecular weight excluding hydrogens is 624 g/mol. The van der Waals surface area contributed by atoms with E-state index in [0.717, 1.165) is 4.90 Å². The second-order valence-corrected chi connectivity index (χ2v) is 10.1. The van der Waals surface area contributed by atoms with E-state index >= 15 is 0 Å². The molecule has 1 aromatic rings. The van der Waals surface area contributed by atoms with Crippen LogP contribution in [0.4, 0.5) is 35.3 Å². The number of rotatable bonds is 7. The summed E-state index contributed by atoms with van der Waals surface area (Å²) in [4.78, 5) is 31.0. The normalized spacial score (nSPS) is 18.6. The second-order valence-electron chi connectivity index (χ2n) is 8.65. The standard InChI is InChI=1S/C21H29F3IN10O3/c1-13(32-2-4-34(5-3-32)19(36)25-37)35(12-21(22,23)24)18-15(26)17(33-6-8-38-9-7-33)30-16(31-18)14-10-28-20(27)29-11-14/h10,37H,1-9,11-12,26H2,(H3,27,28,29)/q-1. The third kappa shape index (κ3) is 6.49. The van der Waals surface area contributed by atoms with E-state index in [2.05, 4.69) is 26.9 Å². The molecule has 2 fully saturated rings. The number of nitrogens with zero attached hydrogens (tertiary/aromatic N) is 7. The summed E-state index contributed by atoms with van der Waals surface area (Å²) < 4.78 is 55.9. The van der Waals surface area contributed by atoms with Crippen LogP contribution in [0.15, 0.2) is 23.6 Å². The zero-order chi connectivity index (χ0) is 27.4. The van der Waals surface area contributed by atoms with Crippen molar-refractivity contribution in [1.82, 2.24) is 25.1 Å². The predicted molar refractivity (Wildman–Crippen MR) is 130 cm³/mol. The molecule has 3 aliphatic rings. The Balaban J connectivity index is 1.73. The molecule has 0 atom stereocenters. The molecular formula is C21H29F3IN10O3-. The SMILES string of the molecule is C=C(N1CCN(C(=O)[I-]O)CC1)N(CC(F)(F)F)c1nc(C2=CNC(N)=NC2)nc(N2CCOCC2)c1N. The van der Waals surface area contributed by atoms with Crippen LogP contribution in [0, 0.1) is 0 Å². The maximum absolute atomic E-state index is 13.9. The second kappa shape index (κ2) is 11.8. The van der Waals surface area contributed by atoms with Gasteiger partial charge in [-0.05, 0) is 0 Å². The van der Waals surface area contributed by atoms with E-state index in [-0.39, 0.29) is 65.7 Å². The fourth-order valence-electron chi connectivity index (χ4n) is 4.20. The van der Waals surface area contributed by atoms with E-state index in [1.165, 1.54) is 4.90 Å². The van der Waals surface area contributed by atoms with E-state index in [1.807, 2.05) is 4.90 Å². The molecule has 38 heavy (non-hydrogen) atoms. The Kier molecular flexibility index (Phi) is 8.66. The van der Waals surface area contributed by atoms with Gasteiger partial charge in [-0.2, -0.15) is 0 Å². The van der Waals surface area contributed by atoms with Gasteiger partial charge in [0.2, 0.25) is 0 Å². The van der Waals surface area contributed by atoms with Crippen LogP contribution >= 0.6 is 0 Å². The fraction of sp³-hybridized carbons (Fsp3) is 0.524. The van der Waals surface area contributed by atoms with E-state index in [1.54, 1.807) is 11.1 Å². The summed E-state index contributed by atoms with van der Waals surface area (Å²) in [6.07, 6.45) is -3.05. The van der Waals surface area contributed by atoms with Crippen molar-refractivity contribution in [2.45, 2.75) is 6.18 Å². The molecule has 13 nitrogen and oxygen atoms in total. The number of guanidine groups is 1. The van der Waals surface area contributed by atoms with Crippen LogP contribution in [-0.4, -0.2) is 105 Å². The number of halogens is 4. The Morgan fingerprint density at radius 1 is 1.16 bits per heavy atom. The van der Waals surface area contributed by atoms with Gasteiger partial charge in [0.05, 0.1) is 13.2 Å². The third-order valence-corrected chi connectivity index (χ3v) is 7.28. The number of ether oxygens (including phenoxy) is 1. The van der Waals surface area contributed by atoms with Gasteiger partial charge < -0.3 is 15.8 Å². The summed E-state index contributed by atoms with van der Waals surface area (Å²) >= 11 is -1.60. The molecule has 1 amide bonds. The summed E-state index contributed by atoms with van der Waals surface area (Å²) in [7, 11) is 0. The average Bonchev–Trinajstić information content (AvgIpc) is 2.92. The Labute approximate surface area is 227 Å². The van der Waals surface area contributed by atoms with E-state index < -0.39 is 34.3 Å². The van der Waals surface area contributed by atoms with Gasteiger partial charge >= 0.3 is 188 Å². The van der Waals surface area contributed by atoms with Crippen molar-refractivity contribution in [2.24, 2.45) is 10.7 Å². The van der Waals surface area contributed by atoms with Crippen LogP contribution < -0.4 is 48.2 Å². The summed E-state index contributed by atoms with van der Waals surface area (Å²) in [6.45, 7) is 5.40. The first-order valence-electron chi connectivity index (χ1n) is 11.7. The van der Waals surface area contributed by atoms with Crippen molar-refractivity contribution >= 4 is 32.8 Å². The molecule has 210 valence electrons. The first kappa shape index (κ1) is 28.0. The van der Waals surface area contributed by atoms with Crippen LogP contribution in [0.3, 0.4) is 0 Å². The number of alkyl halides is 3. The molecule has 3 aliphatic heterocycles. The molecule has 0 spiro atoms. The van der Waals surface area contributed by atoms with Crippen molar-refractivity contribution in [3.05, 3.63) is 24.4 Å². The summed E-state index contributed by atoms with van der Waals surface area (Å²) in [6, 6.07) is 0. The van der Waals surface area contributed by atoms with Gasteiger partial charge in [-0.25, -0.2) is 4.99 Å². The summed E-state index contributed by atoms with van der Waals surface area (Å²) in [5, 5.41) is 2.78. The number of nitrogen functional groups attached to an aromatic ring is 1. The number of anilines is 3. The Hall–Kier alpha value is -3.06. The first-order valence-corrected chi connectivity index (χ1v) is 13.7. The van der Waals surface area contributed by atoms with Gasteiger partial charge in [0.25, 0.3) is 0 Å². The van der Waals surface area contributed by atoms with E-state index in [0.29, 0.717) is 37.7 Å². The fourth-order valence-corrected chi connectivity index (χ4v) is 4.99. The van der Waals surface area contributed by atoms with Crippen molar-refractivity contribution in [1.29, 1.82) is 0 Å². The number of morpholine rings is 1. The van der Waals surface area contributed by atoms with Gasteiger partial charge in [-0.15, -0.1) is 0 Å². The number of nitrogens with one attached hydrogen (secondary N) is 1. The monoisotopic (exact) mass is 653 g/mol. The number of aromatic nitrogens is 2. The number of hydrogen-bond donors (Lipinski definition) is 4. The molecule has 0 aromatic carbocycles. The molecule has 0 bridgehead atoms. The van der Waals surface area contributed by atoms with Crippen molar-refractivity contribution in [2.75, 3.05) is 81.1 Å². The minimum absolute atomic E-state index is 0.0210. The van der Waals surface area contributed by atoms with Gasteiger partial charge in [-0.3, -0.25) is 0 Å². The number of piperazine rings is 1. The Bertz CT molecular complexity index is 1120. The first-order chi connectivity index (χ1) is 18.1.